The molecular formula is C9H12N6O. The first-order valence-electron chi connectivity index (χ1n) is 5.34. The minimum Gasteiger partial charge on any atom is -0.419 e. The van der Waals surface area contributed by atoms with Gasteiger partial charge in [0.1, 0.15) is 0 Å². The molecule has 0 aliphatic heterocycles. The molecule has 84 valence electrons. The van der Waals surface area contributed by atoms with E-state index in [0.29, 0.717) is 23.5 Å². The van der Waals surface area contributed by atoms with Crippen LogP contribution in [0.1, 0.15) is 18.7 Å². The number of hydrogen-bond donors (Lipinski definition) is 2. The molecule has 0 atom stereocenters. The number of rotatable bonds is 5. The molecule has 1 fully saturated rings. The first kappa shape index (κ1) is 9.46. The van der Waals surface area contributed by atoms with Crippen LogP contribution < -0.4 is 5.32 Å². The van der Waals surface area contributed by atoms with Crippen LogP contribution in [0.15, 0.2) is 10.6 Å². The van der Waals surface area contributed by atoms with Gasteiger partial charge in [-0.1, -0.05) is 0 Å². The van der Waals surface area contributed by atoms with Gasteiger partial charge in [-0.25, -0.2) is 0 Å². The minimum absolute atomic E-state index is 0.412. The Labute approximate surface area is 91.6 Å². The minimum atomic E-state index is 0.412. The van der Waals surface area contributed by atoms with Crippen LogP contribution in [-0.4, -0.2) is 38.2 Å². The topological polar surface area (TPSA) is 92.5 Å². The molecular weight excluding hydrogens is 208 g/mol. The zero-order chi connectivity index (χ0) is 10.8. The van der Waals surface area contributed by atoms with E-state index in [0.717, 1.165) is 13.0 Å². The molecule has 0 radical (unpaired) electrons. The Morgan fingerprint density at radius 3 is 3.12 bits per heavy atom. The number of H-pyrrole nitrogens is 1. The van der Waals surface area contributed by atoms with Crippen molar-refractivity contribution in [2.75, 3.05) is 6.54 Å². The van der Waals surface area contributed by atoms with Gasteiger partial charge >= 0.3 is 0 Å². The third-order valence-electron chi connectivity index (χ3n) is 2.45. The molecule has 0 spiro atoms. The van der Waals surface area contributed by atoms with E-state index in [2.05, 4.69) is 30.9 Å². The zero-order valence-electron chi connectivity index (χ0n) is 8.68. The van der Waals surface area contributed by atoms with Crippen molar-refractivity contribution in [3.63, 3.8) is 0 Å². The average molecular weight is 220 g/mol. The van der Waals surface area contributed by atoms with E-state index < -0.39 is 0 Å². The van der Waals surface area contributed by atoms with Crippen LogP contribution in [0.5, 0.6) is 0 Å². The van der Waals surface area contributed by atoms with Gasteiger partial charge in [0.25, 0.3) is 5.89 Å². The van der Waals surface area contributed by atoms with E-state index in [1.807, 2.05) is 0 Å². The molecule has 1 aliphatic rings. The van der Waals surface area contributed by atoms with Gasteiger partial charge in [-0.05, 0) is 12.8 Å². The van der Waals surface area contributed by atoms with Crippen molar-refractivity contribution in [3.05, 3.63) is 12.1 Å². The first-order valence-corrected chi connectivity index (χ1v) is 5.34. The predicted molar refractivity (Wildman–Crippen MR) is 54.4 cm³/mol. The summed E-state index contributed by atoms with van der Waals surface area (Å²) in [5.74, 6) is 1.04. The smallest absolute Gasteiger partial charge is 0.269 e. The fourth-order valence-electron chi connectivity index (χ4n) is 1.43. The molecule has 2 aromatic heterocycles. The lowest BCUT2D eigenvalue weighted by atomic mass is 10.4. The fraction of sp³-hybridized carbons (Fsp3) is 0.556. The van der Waals surface area contributed by atoms with Crippen LogP contribution in [0.3, 0.4) is 0 Å². The van der Waals surface area contributed by atoms with Crippen molar-refractivity contribution in [2.45, 2.75) is 25.3 Å². The van der Waals surface area contributed by atoms with Crippen molar-refractivity contribution in [1.29, 1.82) is 0 Å². The molecule has 0 bridgehead atoms. The highest BCUT2D eigenvalue weighted by atomic mass is 16.4. The Morgan fingerprint density at radius 1 is 1.44 bits per heavy atom. The van der Waals surface area contributed by atoms with Crippen molar-refractivity contribution in [2.24, 2.45) is 0 Å². The number of aromatic amines is 1. The summed E-state index contributed by atoms with van der Waals surface area (Å²) in [7, 11) is 0. The number of nitrogens with zero attached hydrogens (tertiary/aromatic N) is 4. The summed E-state index contributed by atoms with van der Waals surface area (Å²) in [5.41, 5.74) is 0.578. The van der Waals surface area contributed by atoms with Gasteiger partial charge in [0, 0.05) is 19.0 Å². The number of nitrogens with one attached hydrogen (secondary N) is 2. The second-order valence-corrected chi connectivity index (χ2v) is 3.83. The zero-order valence-corrected chi connectivity index (χ0v) is 8.68. The third-order valence-corrected chi connectivity index (χ3v) is 2.45. The second kappa shape index (κ2) is 4.01. The summed E-state index contributed by atoms with van der Waals surface area (Å²) in [6.45, 7) is 0.880. The van der Waals surface area contributed by atoms with Crippen LogP contribution in [0, 0.1) is 0 Å². The maximum Gasteiger partial charge on any atom is 0.269 e. The van der Waals surface area contributed by atoms with E-state index in [1.54, 1.807) is 6.20 Å². The highest BCUT2D eigenvalue weighted by Crippen LogP contribution is 2.18. The molecule has 2 aromatic rings. The van der Waals surface area contributed by atoms with Crippen LogP contribution in [0.4, 0.5) is 0 Å². The van der Waals surface area contributed by atoms with E-state index in [9.17, 15) is 0 Å². The Kier molecular flexibility index (Phi) is 2.37. The van der Waals surface area contributed by atoms with Crippen molar-refractivity contribution in [3.8, 4) is 11.6 Å². The Balaban J connectivity index is 1.59. The second-order valence-electron chi connectivity index (χ2n) is 3.83. The van der Waals surface area contributed by atoms with Crippen LogP contribution >= 0.6 is 0 Å². The van der Waals surface area contributed by atoms with Gasteiger partial charge in [0.15, 0.2) is 5.69 Å². The van der Waals surface area contributed by atoms with Gasteiger partial charge in [0.05, 0.1) is 6.20 Å². The van der Waals surface area contributed by atoms with E-state index in [-0.39, 0.29) is 0 Å². The lowest BCUT2D eigenvalue weighted by Crippen LogP contribution is -2.19. The highest BCUT2D eigenvalue weighted by molar-refractivity contribution is 5.42. The molecule has 1 aliphatic carbocycles. The SMILES string of the molecule is c1n[nH]nc1-c1nnc(CCNC2CC2)o1. The molecule has 1 saturated carbocycles. The summed E-state index contributed by atoms with van der Waals surface area (Å²) in [6.07, 6.45) is 4.88. The van der Waals surface area contributed by atoms with Crippen LogP contribution in [0.25, 0.3) is 11.6 Å². The molecule has 3 rings (SSSR count). The van der Waals surface area contributed by atoms with E-state index in [1.165, 1.54) is 12.8 Å². The monoisotopic (exact) mass is 220 g/mol. The summed E-state index contributed by atoms with van der Waals surface area (Å²) in [6, 6.07) is 0.706. The maximum atomic E-state index is 5.45. The van der Waals surface area contributed by atoms with Gasteiger partial charge < -0.3 is 9.73 Å². The maximum absolute atomic E-state index is 5.45. The quantitative estimate of drug-likeness (QED) is 0.745. The normalized spacial score (nSPS) is 15.5. The number of hydrogen-bond acceptors (Lipinski definition) is 6. The van der Waals surface area contributed by atoms with Crippen molar-refractivity contribution in [1.82, 2.24) is 30.9 Å². The molecule has 2 heterocycles. The third kappa shape index (κ3) is 2.08. The molecule has 0 amide bonds. The van der Waals surface area contributed by atoms with Crippen molar-refractivity contribution >= 4 is 0 Å². The Bertz CT molecular complexity index is 446. The van der Waals surface area contributed by atoms with Gasteiger partial charge in [-0.3, -0.25) is 0 Å². The standard InChI is InChI=1S/C9H12N6O/c1-2-6(1)10-4-3-8-13-14-9(16-8)7-5-11-15-12-7/h5-6,10H,1-4H2,(H,11,12,15). The summed E-state index contributed by atoms with van der Waals surface area (Å²) in [4.78, 5) is 0. The Morgan fingerprint density at radius 2 is 2.38 bits per heavy atom. The van der Waals surface area contributed by atoms with Crippen LogP contribution in [0.2, 0.25) is 0 Å². The number of aromatic nitrogens is 5. The van der Waals surface area contributed by atoms with Gasteiger partial charge in [0.2, 0.25) is 5.89 Å². The fourth-order valence-corrected chi connectivity index (χ4v) is 1.43. The van der Waals surface area contributed by atoms with E-state index >= 15 is 0 Å². The lowest BCUT2D eigenvalue weighted by Gasteiger charge is -1.97. The lowest BCUT2D eigenvalue weighted by molar-refractivity contribution is 0.492. The van der Waals surface area contributed by atoms with E-state index in [4.69, 9.17) is 4.42 Å². The molecule has 0 unspecified atom stereocenters. The molecule has 7 nitrogen and oxygen atoms in total. The van der Waals surface area contributed by atoms with Gasteiger partial charge in [-0.2, -0.15) is 15.4 Å². The van der Waals surface area contributed by atoms with Crippen LogP contribution in [-0.2, 0) is 6.42 Å². The largest absolute Gasteiger partial charge is 0.419 e. The Hall–Kier alpha value is -1.76. The van der Waals surface area contributed by atoms with Gasteiger partial charge in [-0.15, -0.1) is 10.2 Å². The first-order chi connectivity index (χ1) is 7.92. The summed E-state index contributed by atoms with van der Waals surface area (Å²) >= 11 is 0. The predicted octanol–water partition coefficient (Wildman–Crippen LogP) is 0.149. The highest BCUT2D eigenvalue weighted by Gasteiger charge is 2.20. The summed E-state index contributed by atoms with van der Waals surface area (Å²) in [5, 5.41) is 21.3. The average Bonchev–Trinajstić information content (AvgIpc) is 2.83. The molecule has 2 N–H and O–H groups in total. The summed E-state index contributed by atoms with van der Waals surface area (Å²) < 4.78 is 5.45. The molecule has 0 saturated heterocycles. The molecule has 7 heteroatoms. The molecule has 16 heavy (non-hydrogen) atoms. The molecule has 0 aromatic carbocycles. The van der Waals surface area contributed by atoms with Crippen molar-refractivity contribution < 1.29 is 4.42 Å².